The Kier molecular flexibility index (Phi) is 4.44. The van der Waals surface area contributed by atoms with Gasteiger partial charge in [0.05, 0.1) is 0 Å². The third-order valence-electron chi connectivity index (χ3n) is 4.29. The standard InChI is InChI=1S/C19H24N2/c1-16-7-3-4-8-19(16)20-15-17-9-11-18(12-10-17)21-13-5-2-6-14-21/h3-4,7-12,20H,2,5-6,13-15H2,1H3. The summed E-state index contributed by atoms with van der Waals surface area (Å²) in [6.07, 6.45) is 4.04. The van der Waals surface area contributed by atoms with Gasteiger partial charge < -0.3 is 10.2 Å². The Bertz CT molecular complexity index is 568. The zero-order valence-electron chi connectivity index (χ0n) is 12.8. The van der Waals surface area contributed by atoms with E-state index < -0.39 is 0 Å². The molecule has 1 aliphatic rings. The van der Waals surface area contributed by atoms with Crippen LogP contribution in [-0.4, -0.2) is 13.1 Å². The highest BCUT2D eigenvalue weighted by Crippen LogP contribution is 2.21. The van der Waals surface area contributed by atoms with Crippen LogP contribution in [0.2, 0.25) is 0 Å². The molecule has 0 saturated carbocycles. The maximum Gasteiger partial charge on any atom is 0.0400 e. The Morgan fingerprint density at radius 3 is 2.33 bits per heavy atom. The number of aryl methyl sites for hydroxylation is 1. The fourth-order valence-corrected chi connectivity index (χ4v) is 2.95. The van der Waals surface area contributed by atoms with Gasteiger partial charge in [0.2, 0.25) is 0 Å². The van der Waals surface area contributed by atoms with Gasteiger partial charge in [-0.05, 0) is 55.5 Å². The van der Waals surface area contributed by atoms with Gasteiger partial charge in [0.1, 0.15) is 0 Å². The van der Waals surface area contributed by atoms with Gasteiger partial charge in [-0.15, -0.1) is 0 Å². The number of piperidine rings is 1. The van der Waals surface area contributed by atoms with E-state index in [0.717, 1.165) is 6.54 Å². The van der Waals surface area contributed by atoms with Gasteiger partial charge >= 0.3 is 0 Å². The number of hydrogen-bond acceptors (Lipinski definition) is 2. The molecule has 1 aliphatic heterocycles. The quantitative estimate of drug-likeness (QED) is 0.880. The number of anilines is 2. The maximum absolute atomic E-state index is 3.51. The average Bonchev–Trinajstić information content (AvgIpc) is 2.55. The monoisotopic (exact) mass is 280 g/mol. The van der Waals surface area contributed by atoms with Crippen molar-refractivity contribution in [2.45, 2.75) is 32.7 Å². The van der Waals surface area contributed by atoms with E-state index in [4.69, 9.17) is 0 Å². The van der Waals surface area contributed by atoms with Crippen LogP contribution in [0.4, 0.5) is 11.4 Å². The molecule has 2 aromatic carbocycles. The molecule has 2 aromatic rings. The fourth-order valence-electron chi connectivity index (χ4n) is 2.95. The van der Waals surface area contributed by atoms with Gasteiger partial charge in [-0.1, -0.05) is 30.3 Å². The first-order chi connectivity index (χ1) is 10.3. The van der Waals surface area contributed by atoms with Crippen molar-refractivity contribution >= 4 is 11.4 Å². The number of rotatable bonds is 4. The molecule has 0 atom stereocenters. The molecule has 110 valence electrons. The summed E-state index contributed by atoms with van der Waals surface area (Å²) in [5.41, 5.74) is 5.22. The Morgan fingerprint density at radius 1 is 0.905 bits per heavy atom. The lowest BCUT2D eigenvalue weighted by atomic mass is 10.1. The summed E-state index contributed by atoms with van der Waals surface area (Å²) < 4.78 is 0. The normalized spacial score (nSPS) is 15.0. The van der Waals surface area contributed by atoms with Gasteiger partial charge in [0, 0.05) is 31.0 Å². The van der Waals surface area contributed by atoms with Gasteiger partial charge in [-0.2, -0.15) is 0 Å². The topological polar surface area (TPSA) is 15.3 Å². The van der Waals surface area contributed by atoms with Crippen LogP contribution in [0.1, 0.15) is 30.4 Å². The van der Waals surface area contributed by atoms with Crippen LogP contribution in [0.25, 0.3) is 0 Å². The van der Waals surface area contributed by atoms with E-state index in [0.29, 0.717) is 0 Å². The molecule has 0 bridgehead atoms. The predicted molar refractivity (Wildman–Crippen MR) is 91.0 cm³/mol. The zero-order chi connectivity index (χ0) is 14.5. The maximum atomic E-state index is 3.51. The van der Waals surface area contributed by atoms with Crippen LogP contribution in [0, 0.1) is 6.92 Å². The van der Waals surface area contributed by atoms with Crippen molar-refractivity contribution in [3.63, 3.8) is 0 Å². The second kappa shape index (κ2) is 6.66. The lowest BCUT2D eigenvalue weighted by molar-refractivity contribution is 0.578. The smallest absolute Gasteiger partial charge is 0.0400 e. The van der Waals surface area contributed by atoms with Crippen LogP contribution < -0.4 is 10.2 Å². The van der Waals surface area contributed by atoms with E-state index in [1.54, 1.807) is 0 Å². The Morgan fingerprint density at radius 2 is 1.62 bits per heavy atom. The molecule has 0 aliphatic carbocycles. The van der Waals surface area contributed by atoms with E-state index in [9.17, 15) is 0 Å². The fraction of sp³-hybridized carbons (Fsp3) is 0.368. The van der Waals surface area contributed by atoms with Gasteiger partial charge in [0.25, 0.3) is 0 Å². The zero-order valence-corrected chi connectivity index (χ0v) is 12.8. The van der Waals surface area contributed by atoms with E-state index in [1.165, 1.54) is 54.9 Å². The highest BCUT2D eigenvalue weighted by molar-refractivity contribution is 5.52. The van der Waals surface area contributed by atoms with E-state index in [1.807, 2.05) is 0 Å². The molecule has 0 aromatic heterocycles. The minimum absolute atomic E-state index is 0.880. The SMILES string of the molecule is Cc1ccccc1NCc1ccc(N2CCCCC2)cc1. The number of nitrogens with one attached hydrogen (secondary N) is 1. The van der Waals surface area contributed by atoms with Gasteiger partial charge in [-0.3, -0.25) is 0 Å². The minimum atomic E-state index is 0.880. The van der Waals surface area contributed by atoms with Gasteiger partial charge in [-0.25, -0.2) is 0 Å². The van der Waals surface area contributed by atoms with Crippen molar-refractivity contribution < 1.29 is 0 Å². The van der Waals surface area contributed by atoms with Crippen molar-refractivity contribution in [3.8, 4) is 0 Å². The molecule has 0 amide bonds. The molecule has 0 spiro atoms. The molecule has 2 nitrogen and oxygen atoms in total. The summed E-state index contributed by atoms with van der Waals surface area (Å²) in [7, 11) is 0. The van der Waals surface area contributed by atoms with Crippen LogP contribution in [0.15, 0.2) is 48.5 Å². The molecular formula is C19H24N2. The molecule has 1 saturated heterocycles. The Balaban J connectivity index is 1.60. The third kappa shape index (κ3) is 3.57. The Labute approximate surface area is 127 Å². The summed E-state index contributed by atoms with van der Waals surface area (Å²) in [4.78, 5) is 2.50. The van der Waals surface area contributed by atoms with Gasteiger partial charge in [0.15, 0.2) is 0 Å². The molecule has 1 N–H and O–H groups in total. The minimum Gasteiger partial charge on any atom is -0.381 e. The highest BCUT2D eigenvalue weighted by Gasteiger charge is 2.10. The first-order valence-corrected chi connectivity index (χ1v) is 7.96. The number of hydrogen-bond donors (Lipinski definition) is 1. The van der Waals surface area contributed by atoms with Crippen molar-refractivity contribution in [3.05, 3.63) is 59.7 Å². The molecule has 1 fully saturated rings. The summed E-state index contributed by atoms with van der Waals surface area (Å²) in [5.74, 6) is 0. The molecule has 3 rings (SSSR count). The second-order valence-corrected chi connectivity index (χ2v) is 5.88. The first kappa shape index (κ1) is 14.0. The van der Waals surface area contributed by atoms with Crippen molar-refractivity contribution in [1.29, 1.82) is 0 Å². The second-order valence-electron chi connectivity index (χ2n) is 5.88. The summed E-state index contributed by atoms with van der Waals surface area (Å²) in [5, 5.41) is 3.51. The average molecular weight is 280 g/mol. The van der Waals surface area contributed by atoms with E-state index in [-0.39, 0.29) is 0 Å². The lowest BCUT2D eigenvalue weighted by Crippen LogP contribution is -2.29. The first-order valence-electron chi connectivity index (χ1n) is 7.96. The molecular weight excluding hydrogens is 256 g/mol. The molecule has 0 radical (unpaired) electrons. The van der Waals surface area contributed by atoms with E-state index in [2.05, 4.69) is 65.7 Å². The predicted octanol–water partition coefficient (Wildman–Crippen LogP) is 4.60. The summed E-state index contributed by atoms with van der Waals surface area (Å²) in [6, 6.07) is 17.5. The van der Waals surface area contributed by atoms with E-state index >= 15 is 0 Å². The molecule has 2 heteroatoms. The number of benzene rings is 2. The van der Waals surface area contributed by atoms with Crippen molar-refractivity contribution in [2.24, 2.45) is 0 Å². The van der Waals surface area contributed by atoms with Crippen LogP contribution >= 0.6 is 0 Å². The van der Waals surface area contributed by atoms with Crippen molar-refractivity contribution in [1.82, 2.24) is 0 Å². The molecule has 0 unspecified atom stereocenters. The number of nitrogens with zero attached hydrogens (tertiary/aromatic N) is 1. The largest absolute Gasteiger partial charge is 0.381 e. The summed E-state index contributed by atoms with van der Waals surface area (Å²) in [6.45, 7) is 5.44. The Hall–Kier alpha value is -1.96. The van der Waals surface area contributed by atoms with Crippen LogP contribution in [-0.2, 0) is 6.54 Å². The van der Waals surface area contributed by atoms with Crippen LogP contribution in [0.5, 0.6) is 0 Å². The summed E-state index contributed by atoms with van der Waals surface area (Å²) >= 11 is 0. The third-order valence-corrected chi connectivity index (χ3v) is 4.29. The lowest BCUT2D eigenvalue weighted by Gasteiger charge is -2.28. The highest BCUT2D eigenvalue weighted by atomic mass is 15.1. The number of para-hydroxylation sites is 1. The van der Waals surface area contributed by atoms with Crippen molar-refractivity contribution in [2.75, 3.05) is 23.3 Å². The molecule has 21 heavy (non-hydrogen) atoms. The molecule has 1 heterocycles. The van der Waals surface area contributed by atoms with Crippen LogP contribution in [0.3, 0.4) is 0 Å².